The van der Waals surface area contributed by atoms with Crippen molar-refractivity contribution in [1.29, 1.82) is 0 Å². The second kappa shape index (κ2) is 10.5. The fourth-order valence-electron chi connectivity index (χ4n) is 2.96. The third kappa shape index (κ3) is 5.87. The van der Waals surface area contributed by atoms with Gasteiger partial charge in [-0.1, -0.05) is 0 Å². The van der Waals surface area contributed by atoms with Crippen molar-refractivity contribution in [3.63, 3.8) is 0 Å². The highest BCUT2D eigenvalue weighted by atomic mass is 16.6. The van der Waals surface area contributed by atoms with Gasteiger partial charge in [0.15, 0.2) is 18.1 Å². The minimum absolute atomic E-state index is 0.0392. The molecule has 1 aliphatic rings. The normalized spacial score (nSPS) is 15.3. The summed E-state index contributed by atoms with van der Waals surface area (Å²) in [7, 11) is 3.03. The Bertz CT molecular complexity index is 860. The van der Waals surface area contributed by atoms with Gasteiger partial charge in [-0.2, -0.15) is 0 Å². The number of benzene rings is 2. The summed E-state index contributed by atoms with van der Waals surface area (Å²) in [5, 5.41) is 2.73. The number of amides is 1. The van der Waals surface area contributed by atoms with Gasteiger partial charge < -0.3 is 29.0 Å². The lowest BCUT2D eigenvalue weighted by molar-refractivity contribution is -0.118. The van der Waals surface area contributed by atoms with Crippen LogP contribution in [0.5, 0.6) is 17.2 Å². The predicted octanol–water partition coefficient (Wildman–Crippen LogP) is 3.06. The van der Waals surface area contributed by atoms with Crippen molar-refractivity contribution in [1.82, 2.24) is 0 Å². The highest BCUT2D eigenvalue weighted by Crippen LogP contribution is 2.28. The van der Waals surface area contributed by atoms with E-state index >= 15 is 0 Å². The Morgan fingerprint density at radius 3 is 2.53 bits per heavy atom. The van der Waals surface area contributed by atoms with Gasteiger partial charge in [0.2, 0.25) is 0 Å². The van der Waals surface area contributed by atoms with Gasteiger partial charge in [-0.3, -0.25) is 4.79 Å². The quantitative estimate of drug-likeness (QED) is 0.629. The Hall–Kier alpha value is -3.26. The van der Waals surface area contributed by atoms with E-state index in [4.69, 9.17) is 23.7 Å². The second-order valence-corrected chi connectivity index (χ2v) is 6.66. The molecule has 8 heteroatoms. The van der Waals surface area contributed by atoms with Crippen molar-refractivity contribution in [2.24, 2.45) is 0 Å². The van der Waals surface area contributed by atoms with E-state index in [-0.39, 0.29) is 25.2 Å². The summed E-state index contributed by atoms with van der Waals surface area (Å²) in [5.41, 5.74) is 0.959. The van der Waals surface area contributed by atoms with Gasteiger partial charge in [0.25, 0.3) is 5.91 Å². The predicted molar refractivity (Wildman–Crippen MR) is 109 cm³/mol. The molecule has 2 aromatic rings. The summed E-state index contributed by atoms with van der Waals surface area (Å²) in [6.07, 6.45) is 1.83. The van der Waals surface area contributed by atoms with Gasteiger partial charge in [0, 0.05) is 12.3 Å². The minimum Gasteiger partial charge on any atom is -0.497 e. The highest BCUT2D eigenvalue weighted by Gasteiger charge is 2.19. The zero-order valence-corrected chi connectivity index (χ0v) is 17.0. The van der Waals surface area contributed by atoms with Crippen molar-refractivity contribution in [3.8, 4) is 17.2 Å². The maximum atomic E-state index is 12.2. The van der Waals surface area contributed by atoms with Crippen LogP contribution in [-0.2, 0) is 14.3 Å². The Kier molecular flexibility index (Phi) is 7.51. The Morgan fingerprint density at radius 2 is 1.87 bits per heavy atom. The minimum atomic E-state index is -0.465. The van der Waals surface area contributed by atoms with E-state index in [0.717, 1.165) is 12.8 Å². The lowest BCUT2D eigenvalue weighted by atomic mass is 10.2. The molecule has 8 nitrogen and oxygen atoms in total. The third-order valence-corrected chi connectivity index (χ3v) is 4.56. The van der Waals surface area contributed by atoms with Crippen LogP contribution in [0.25, 0.3) is 0 Å². The summed E-state index contributed by atoms with van der Waals surface area (Å²) in [6, 6.07) is 11.6. The molecule has 1 amide bonds. The van der Waals surface area contributed by atoms with E-state index in [2.05, 4.69) is 5.32 Å². The van der Waals surface area contributed by atoms with Gasteiger partial charge in [0.05, 0.1) is 25.9 Å². The van der Waals surface area contributed by atoms with Crippen LogP contribution in [0.15, 0.2) is 42.5 Å². The number of carbonyl (C=O) groups excluding carboxylic acids is 2. The molecule has 3 rings (SSSR count). The van der Waals surface area contributed by atoms with Crippen LogP contribution < -0.4 is 19.5 Å². The van der Waals surface area contributed by atoms with E-state index in [1.807, 2.05) is 0 Å². The molecule has 1 fully saturated rings. The van der Waals surface area contributed by atoms with Gasteiger partial charge >= 0.3 is 5.97 Å². The zero-order valence-electron chi connectivity index (χ0n) is 17.0. The summed E-state index contributed by atoms with van der Waals surface area (Å²) < 4.78 is 26.7. The molecule has 160 valence electrons. The number of anilines is 1. The van der Waals surface area contributed by atoms with E-state index in [9.17, 15) is 9.59 Å². The molecule has 0 aliphatic carbocycles. The van der Waals surface area contributed by atoms with Crippen LogP contribution in [0.2, 0.25) is 0 Å². The zero-order chi connectivity index (χ0) is 21.3. The van der Waals surface area contributed by atoms with E-state index in [1.165, 1.54) is 13.2 Å². The van der Waals surface area contributed by atoms with Gasteiger partial charge in [0.1, 0.15) is 12.4 Å². The average Bonchev–Trinajstić information content (AvgIpc) is 3.30. The highest BCUT2D eigenvalue weighted by molar-refractivity contribution is 5.92. The monoisotopic (exact) mass is 415 g/mol. The topological polar surface area (TPSA) is 92.3 Å². The molecule has 1 aliphatic heterocycles. The number of nitrogens with one attached hydrogen (secondary N) is 1. The molecular weight excluding hydrogens is 390 g/mol. The van der Waals surface area contributed by atoms with Crippen LogP contribution in [0.4, 0.5) is 5.69 Å². The number of esters is 1. The van der Waals surface area contributed by atoms with E-state index in [0.29, 0.717) is 35.1 Å². The number of ether oxygens (including phenoxy) is 5. The third-order valence-electron chi connectivity index (χ3n) is 4.56. The molecule has 1 atom stereocenters. The molecule has 30 heavy (non-hydrogen) atoms. The van der Waals surface area contributed by atoms with Crippen molar-refractivity contribution in [2.75, 3.05) is 39.4 Å². The van der Waals surface area contributed by atoms with Crippen molar-refractivity contribution in [2.45, 2.75) is 18.9 Å². The molecule has 2 aromatic carbocycles. The van der Waals surface area contributed by atoms with Crippen molar-refractivity contribution >= 4 is 17.6 Å². The lowest BCUT2D eigenvalue weighted by Crippen LogP contribution is -2.20. The number of hydrogen-bond donors (Lipinski definition) is 1. The first-order valence-corrected chi connectivity index (χ1v) is 9.62. The first-order chi connectivity index (χ1) is 14.6. The smallest absolute Gasteiger partial charge is 0.338 e. The summed E-state index contributed by atoms with van der Waals surface area (Å²) in [6.45, 7) is 0.713. The van der Waals surface area contributed by atoms with Crippen molar-refractivity contribution < 1.29 is 33.3 Å². The Balaban J connectivity index is 1.53. The van der Waals surface area contributed by atoms with Crippen LogP contribution in [-0.4, -0.2) is 52.0 Å². The molecule has 1 unspecified atom stereocenters. The first kappa shape index (κ1) is 21.4. The maximum Gasteiger partial charge on any atom is 0.338 e. The largest absolute Gasteiger partial charge is 0.497 e. The average molecular weight is 415 g/mol. The Labute approximate surface area is 175 Å². The molecule has 1 heterocycles. The first-order valence-electron chi connectivity index (χ1n) is 9.62. The van der Waals surface area contributed by atoms with Crippen molar-refractivity contribution in [3.05, 3.63) is 48.0 Å². The van der Waals surface area contributed by atoms with Crippen LogP contribution >= 0.6 is 0 Å². The van der Waals surface area contributed by atoms with Crippen LogP contribution in [0, 0.1) is 0 Å². The summed E-state index contributed by atoms with van der Waals surface area (Å²) in [4.78, 5) is 24.4. The van der Waals surface area contributed by atoms with Gasteiger partial charge in [-0.05, 0) is 55.3 Å². The second-order valence-electron chi connectivity index (χ2n) is 6.66. The maximum absolute atomic E-state index is 12.2. The number of hydrogen-bond acceptors (Lipinski definition) is 7. The molecule has 0 bridgehead atoms. The summed E-state index contributed by atoms with van der Waals surface area (Å²) in [5.74, 6) is 0.579. The fourth-order valence-corrected chi connectivity index (χ4v) is 2.96. The molecule has 0 radical (unpaired) electrons. The molecule has 1 saturated heterocycles. The SMILES string of the molecule is COc1ccc(NC(=O)COc2ccc(C(=O)OCC3CCCO3)cc2OC)cc1. The van der Waals surface area contributed by atoms with Crippen LogP contribution in [0.3, 0.4) is 0 Å². The number of methoxy groups -OCH3 is 2. The van der Waals surface area contributed by atoms with Gasteiger partial charge in [-0.25, -0.2) is 4.79 Å². The number of carbonyl (C=O) groups is 2. The molecule has 0 spiro atoms. The molecule has 0 aromatic heterocycles. The standard InChI is InChI=1S/C22H25NO7/c1-26-17-8-6-16(7-9-17)23-21(24)14-29-19-10-5-15(12-20(19)27-2)22(25)30-13-18-4-3-11-28-18/h5-10,12,18H,3-4,11,13-14H2,1-2H3,(H,23,24). The summed E-state index contributed by atoms with van der Waals surface area (Å²) >= 11 is 0. The van der Waals surface area contributed by atoms with E-state index in [1.54, 1.807) is 43.5 Å². The van der Waals surface area contributed by atoms with E-state index < -0.39 is 5.97 Å². The van der Waals surface area contributed by atoms with Crippen LogP contribution in [0.1, 0.15) is 23.2 Å². The Morgan fingerprint density at radius 1 is 1.07 bits per heavy atom. The molecule has 0 saturated carbocycles. The molecule has 1 N–H and O–H groups in total. The van der Waals surface area contributed by atoms with Gasteiger partial charge in [-0.15, -0.1) is 0 Å². The fraction of sp³-hybridized carbons (Fsp3) is 0.364. The molecular formula is C22H25NO7. The lowest BCUT2D eigenvalue weighted by Gasteiger charge is -2.13. The number of rotatable bonds is 9.